The van der Waals surface area contributed by atoms with Crippen LogP contribution in [0.25, 0.3) is 11.1 Å². The molecule has 0 fully saturated rings. The Labute approximate surface area is 156 Å². The molecule has 0 saturated heterocycles. The lowest BCUT2D eigenvalue weighted by Gasteiger charge is -2.15. The Hall–Kier alpha value is -2.63. The fourth-order valence-corrected chi connectivity index (χ4v) is 4.12. The van der Waals surface area contributed by atoms with E-state index in [1.165, 1.54) is 33.6 Å². The van der Waals surface area contributed by atoms with Crippen LogP contribution in [-0.4, -0.2) is 24.4 Å². The van der Waals surface area contributed by atoms with E-state index in [9.17, 15) is 9.90 Å². The van der Waals surface area contributed by atoms with Gasteiger partial charge in [-0.3, -0.25) is 0 Å². The minimum absolute atomic E-state index is 0.0370. The minimum atomic E-state index is -0.721. The van der Waals surface area contributed by atoms with Crippen LogP contribution in [0.4, 0.5) is 4.79 Å². The van der Waals surface area contributed by atoms with E-state index in [1.54, 1.807) is 0 Å². The minimum Gasteiger partial charge on any atom is -0.449 e. The number of rotatable bonds is 5. The van der Waals surface area contributed by atoms with Gasteiger partial charge >= 0.3 is 6.09 Å². The van der Waals surface area contributed by atoms with Crippen molar-refractivity contribution in [2.24, 2.45) is 0 Å². The molecule has 3 aromatic rings. The summed E-state index contributed by atoms with van der Waals surface area (Å²) in [7, 11) is 0. The summed E-state index contributed by atoms with van der Waals surface area (Å²) in [5.41, 5.74) is 5.56. The Bertz CT molecular complexity index is 862. The first-order chi connectivity index (χ1) is 12.7. The lowest BCUT2D eigenvalue weighted by Crippen LogP contribution is -2.30. The van der Waals surface area contributed by atoms with E-state index in [0.29, 0.717) is 0 Å². The monoisotopic (exact) mass is 365 g/mol. The highest BCUT2D eigenvalue weighted by molar-refractivity contribution is 7.07. The second-order valence-electron chi connectivity index (χ2n) is 6.28. The number of ether oxygens (including phenoxy) is 1. The lowest BCUT2D eigenvalue weighted by atomic mass is 9.98. The second-order valence-corrected chi connectivity index (χ2v) is 7.06. The van der Waals surface area contributed by atoms with Crippen molar-refractivity contribution in [3.63, 3.8) is 0 Å². The third-order valence-corrected chi connectivity index (χ3v) is 5.41. The molecule has 2 N–H and O–H groups in total. The number of aliphatic hydroxyl groups is 1. The number of aliphatic hydroxyl groups excluding tert-OH is 1. The van der Waals surface area contributed by atoms with Gasteiger partial charge in [0.25, 0.3) is 0 Å². The fraction of sp³-hybridized carbons (Fsp3) is 0.190. The number of fused-ring (bicyclic) bond motifs is 3. The molecule has 1 unspecified atom stereocenters. The zero-order valence-corrected chi connectivity index (χ0v) is 14.9. The number of thiophene rings is 1. The summed E-state index contributed by atoms with van der Waals surface area (Å²) in [5.74, 6) is 0.0370. The lowest BCUT2D eigenvalue weighted by molar-refractivity contribution is 0.129. The summed E-state index contributed by atoms with van der Waals surface area (Å²) in [5, 5.41) is 16.4. The van der Waals surface area contributed by atoms with Gasteiger partial charge in [0, 0.05) is 5.92 Å². The van der Waals surface area contributed by atoms with E-state index in [4.69, 9.17) is 4.74 Å². The molecule has 1 aliphatic carbocycles. The molecule has 1 heterocycles. The van der Waals surface area contributed by atoms with Crippen LogP contribution in [0.3, 0.4) is 0 Å². The van der Waals surface area contributed by atoms with Crippen molar-refractivity contribution in [1.82, 2.24) is 5.32 Å². The van der Waals surface area contributed by atoms with Crippen LogP contribution in [0.1, 0.15) is 28.7 Å². The topological polar surface area (TPSA) is 58.6 Å². The number of carbonyl (C=O) groups excluding carboxylic acids is 1. The standard InChI is InChI=1S/C21H19NO3S/c23-20(14-9-10-26-13-14)11-22-21(24)25-12-19-17-7-3-1-5-15(17)16-6-2-4-8-18(16)19/h1-10,13,19-20,23H,11-12H2,(H,22,24). The largest absolute Gasteiger partial charge is 0.449 e. The molecule has 1 aromatic heterocycles. The van der Waals surface area contributed by atoms with Crippen molar-refractivity contribution in [1.29, 1.82) is 0 Å². The van der Waals surface area contributed by atoms with E-state index in [0.717, 1.165) is 5.56 Å². The Kier molecular flexibility index (Phi) is 4.73. The first-order valence-electron chi connectivity index (χ1n) is 8.53. The van der Waals surface area contributed by atoms with Crippen molar-refractivity contribution in [3.8, 4) is 11.1 Å². The first-order valence-corrected chi connectivity index (χ1v) is 9.47. The average molecular weight is 365 g/mol. The third kappa shape index (κ3) is 3.23. The molecule has 0 spiro atoms. The number of carbonyl (C=O) groups is 1. The molecule has 2 aromatic carbocycles. The molecule has 132 valence electrons. The van der Waals surface area contributed by atoms with Crippen molar-refractivity contribution in [2.45, 2.75) is 12.0 Å². The number of amides is 1. The maximum Gasteiger partial charge on any atom is 0.407 e. The number of benzene rings is 2. The van der Waals surface area contributed by atoms with Gasteiger partial charge in [0.2, 0.25) is 0 Å². The van der Waals surface area contributed by atoms with Crippen LogP contribution >= 0.6 is 11.3 Å². The number of alkyl carbamates (subject to hydrolysis) is 1. The molecule has 4 rings (SSSR count). The zero-order chi connectivity index (χ0) is 17.9. The Morgan fingerprint density at radius 3 is 2.35 bits per heavy atom. The van der Waals surface area contributed by atoms with E-state index in [-0.39, 0.29) is 19.1 Å². The van der Waals surface area contributed by atoms with Crippen LogP contribution in [-0.2, 0) is 4.74 Å². The van der Waals surface area contributed by atoms with Crippen LogP contribution in [0, 0.1) is 0 Å². The average Bonchev–Trinajstić information content (AvgIpc) is 3.31. The van der Waals surface area contributed by atoms with Gasteiger partial charge in [-0.25, -0.2) is 4.79 Å². The quantitative estimate of drug-likeness (QED) is 0.708. The summed E-state index contributed by atoms with van der Waals surface area (Å²) >= 11 is 1.51. The second kappa shape index (κ2) is 7.32. The van der Waals surface area contributed by atoms with Gasteiger partial charge in [-0.15, -0.1) is 0 Å². The SMILES string of the molecule is O=C(NCC(O)c1ccsc1)OCC1c2ccccc2-c2ccccc21. The highest BCUT2D eigenvalue weighted by Crippen LogP contribution is 2.44. The van der Waals surface area contributed by atoms with Gasteiger partial charge in [-0.05, 0) is 44.6 Å². The summed E-state index contributed by atoms with van der Waals surface area (Å²) < 4.78 is 5.45. The van der Waals surface area contributed by atoms with Crippen molar-refractivity contribution in [3.05, 3.63) is 82.0 Å². The molecular formula is C21H19NO3S. The van der Waals surface area contributed by atoms with Crippen molar-refractivity contribution in [2.75, 3.05) is 13.2 Å². The third-order valence-electron chi connectivity index (χ3n) is 4.71. The van der Waals surface area contributed by atoms with E-state index < -0.39 is 12.2 Å². The number of hydrogen-bond donors (Lipinski definition) is 2. The Morgan fingerprint density at radius 2 is 1.73 bits per heavy atom. The maximum atomic E-state index is 12.1. The van der Waals surface area contributed by atoms with Crippen LogP contribution in [0.2, 0.25) is 0 Å². The first kappa shape index (κ1) is 16.8. The molecule has 1 amide bonds. The molecule has 5 heteroatoms. The summed E-state index contributed by atoms with van der Waals surface area (Å²) in [4.78, 5) is 12.1. The normalized spacial score (nSPS) is 13.7. The van der Waals surface area contributed by atoms with Crippen LogP contribution in [0.15, 0.2) is 65.4 Å². The molecule has 1 aliphatic rings. The summed E-state index contributed by atoms with van der Waals surface area (Å²) in [6.45, 7) is 0.405. The zero-order valence-electron chi connectivity index (χ0n) is 14.1. The summed E-state index contributed by atoms with van der Waals surface area (Å²) in [6.07, 6.45) is -1.23. The van der Waals surface area contributed by atoms with Gasteiger partial charge in [0.15, 0.2) is 0 Å². The van der Waals surface area contributed by atoms with Gasteiger partial charge in [-0.1, -0.05) is 48.5 Å². The molecule has 1 atom stereocenters. The van der Waals surface area contributed by atoms with Gasteiger partial charge in [0.05, 0.1) is 12.6 Å². The number of nitrogens with one attached hydrogen (secondary N) is 1. The highest BCUT2D eigenvalue weighted by Gasteiger charge is 2.29. The van der Waals surface area contributed by atoms with Gasteiger partial charge in [0.1, 0.15) is 6.61 Å². The Morgan fingerprint density at radius 1 is 1.08 bits per heavy atom. The molecule has 0 radical (unpaired) electrons. The number of hydrogen-bond acceptors (Lipinski definition) is 4. The van der Waals surface area contributed by atoms with Crippen LogP contribution < -0.4 is 5.32 Å². The summed E-state index contributed by atoms with van der Waals surface area (Å²) in [6, 6.07) is 18.3. The fourth-order valence-electron chi connectivity index (χ4n) is 3.41. The van der Waals surface area contributed by atoms with Crippen molar-refractivity contribution < 1.29 is 14.6 Å². The molecule has 26 heavy (non-hydrogen) atoms. The highest BCUT2D eigenvalue weighted by atomic mass is 32.1. The predicted octanol–water partition coefficient (Wildman–Crippen LogP) is 4.32. The van der Waals surface area contributed by atoms with Crippen LogP contribution in [0.5, 0.6) is 0 Å². The Balaban J connectivity index is 1.39. The molecule has 0 saturated carbocycles. The predicted molar refractivity (Wildman–Crippen MR) is 102 cm³/mol. The van der Waals surface area contributed by atoms with Crippen molar-refractivity contribution >= 4 is 17.4 Å². The van der Waals surface area contributed by atoms with E-state index >= 15 is 0 Å². The molecule has 4 nitrogen and oxygen atoms in total. The van der Waals surface area contributed by atoms with E-state index in [2.05, 4.69) is 29.6 Å². The van der Waals surface area contributed by atoms with Gasteiger partial charge in [-0.2, -0.15) is 11.3 Å². The maximum absolute atomic E-state index is 12.1. The molecular weight excluding hydrogens is 346 g/mol. The van der Waals surface area contributed by atoms with Gasteiger partial charge < -0.3 is 15.2 Å². The smallest absolute Gasteiger partial charge is 0.407 e. The molecule has 0 bridgehead atoms. The van der Waals surface area contributed by atoms with E-state index in [1.807, 2.05) is 41.1 Å². The molecule has 0 aliphatic heterocycles.